The minimum Gasteiger partial charge on any atom is -0.484 e. The standard InChI is InChI=1S/C24H23NO5/c1-3-4-6-10-17(2)29-22-16-15-19-20(23(22)25(27)28)13-9-14-21(19)30-24(26)18-11-7-5-8-12-18/h3-5,7-9,11-17H,6,10H2,1-2H3/t17-/m1/s1. The summed E-state index contributed by atoms with van der Waals surface area (Å²) in [7, 11) is 0. The van der Waals surface area contributed by atoms with Crippen LogP contribution in [0.25, 0.3) is 10.8 Å². The summed E-state index contributed by atoms with van der Waals surface area (Å²) >= 11 is 0. The number of nitrogens with zero attached hydrogens (tertiary/aromatic N) is 1. The zero-order valence-corrected chi connectivity index (χ0v) is 16.9. The average molecular weight is 405 g/mol. The van der Waals surface area contributed by atoms with E-state index in [2.05, 4.69) is 0 Å². The maximum Gasteiger partial charge on any atom is 0.343 e. The average Bonchev–Trinajstić information content (AvgIpc) is 2.74. The van der Waals surface area contributed by atoms with Crippen LogP contribution < -0.4 is 9.47 Å². The predicted octanol–water partition coefficient (Wildman–Crippen LogP) is 6.09. The van der Waals surface area contributed by atoms with E-state index in [9.17, 15) is 14.9 Å². The Hall–Kier alpha value is -3.67. The van der Waals surface area contributed by atoms with E-state index < -0.39 is 10.9 Å². The molecule has 3 aromatic carbocycles. The molecule has 0 aliphatic rings. The number of fused-ring (bicyclic) bond motifs is 1. The molecule has 0 aliphatic carbocycles. The van der Waals surface area contributed by atoms with E-state index in [1.165, 1.54) is 0 Å². The Morgan fingerprint density at radius 3 is 2.50 bits per heavy atom. The molecule has 0 fully saturated rings. The monoisotopic (exact) mass is 405 g/mol. The molecule has 0 unspecified atom stereocenters. The lowest BCUT2D eigenvalue weighted by molar-refractivity contribution is -0.384. The molecule has 0 amide bonds. The Morgan fingerprint density at radius 2 is 1.80 bits per heavy atom. The number of ether oxygens (including phenoxy) is 2. The second-order valence-corrected chi connectivity index (χ2v) is 6.85. The largest absolute Gasteiger partial charge is 0.484 e. The Balaban J connectivity index is 1.94. The number of allylic oxidation sites excluding steroid dienone is 2. The first kappa shape index (κ1) is 21.0. The number of benzene rings is 3. The van der Waals surface area contributed by atoms with Gasteiger partial charge in [0.25, 0.3) is 0 Å². The lowest BCUT2D eigenvalue weighted by atomic mass is 10.1. The maximum absolute atomic E-state index is 12.4. The molecule has 3 aromatic rings. The van der Waals surface area contributed by atoms with E-state index in [0.29, 0.717) is 16.3 Å². The summed E-state index contributed by atoms with van der Waals surface area (Å²) in [5.74, 6) is -0.0622. The van der Waals surface area contributed by atoms with Crippen LogP contribution >= 0.6 is 0 Å². The van der Waals surface area contributed by atoms with E-state index in [4.69, 9.17) is 9.47 Å². The Morgan fingerprint density at radius 1 is 1.03 bits per heavy atom. The minimum absolute atomic E-state index is 0.136. The van der Waals surface area contributed by atoms with Gasteiger partial charge in [-0.1, -0.05) is 36.4 Å². The highest BCUT2D eigenvalue weighted by Crippen LogP contribution is 2.39. The molecule has 0 spiro atoms. The van der Waals surface area contributed by atoms with Gasteiger partial charge in [-0.25, -0.2) is 4.79 Å². The van der Waals surface area contributed by atoms with Crippen LogP contribution in [0.2, 0.25) is 0 Å². The van der Waals surface area contributed by atoms with Gasteiger partial charge in [-0.05, 0) is 63.1 Å². The predicted molar refractivity (Wildman–Crippen MR) is 116 cm³/mol. The number of hydrogen-bond donors (Lipinski definition) is 0. The molecule has 6 heteroatoms. The Labute approximate surface area is 174 Å². The van der Waals surface area contributed by atoms with Crippen molar-refractivity contribution in [1.82, 2.24) is 0 Å². The van der Waals surface area contributed by atoms with Crippen LogP contribution in [0.4, 0.5) is 5.69 Å². The minimum atomic E-state index is -0.524. The van der Waals surface area contributed by atoms with Gasteiger partial charge in [0.2, 0.25) is 0 Å². The number of esters is 1. The first-order valence-corrected chi connectivity index (χ1v) is 9.76. The Kier molecular flexibility index (Phi) is 6.80. The highest BCUT2D eigenvalue weighted by atomic mass is 16.6. The molecule has 1 atom stereocenters. The first-order valence-electron chi connectivity index (χ1n) is 9.76. The normalized spacial score (nSPS) is 12.1. The molecule has 0 N–H and O–H groups in total. The van der Waals surface area contributed by atoms with Crippen molar-refractivity contribution in [3.63, 3.8) is 0 Å². The molecule has 0 aromatic heterocycles. The number of carbonyl (C=O) groups excluding carboxylic acids is 1. The highest BCUT2D eigenvalue weighted by molar-refractivity contribution is 6.00. The van der Waals surface area contributed by atoms with Crippen LogP contribution in [-0.4, -0.2) is 17.0 Å². The summed E-state index contributed by atoms with van der Waals surface area (Å²) < 4.78 is 11.4. The van der Waals surface area contributed by atoms with Crippen molar-refractivity contribution < 1.29 is 19.2 Å². The smallest absolute Gasteiger partial charge is 0.343 e. The highest BCUT2D eigenvalue weighted by Gasteiger charge is 2.23. The fourth-order valence-electron chi connectivity index (χ4n) is 3.17. The molecular formula is C24H23NO5. The van der Waals surface area contributed by atoms with Gasteiger partial charge in [0.1, 0.15) is 5.75 Å². The molecule has 0 aliphatic heterocycles. The van der Waals surface area contributed by atoms with Crippen LogP contribution in [0.3, 0.4) is 0 Å². The third-order valence-corrected chi connectivity index (χ3v) is 4.65. The van der Waals surface area contributed by atoms with E-state index in [1.54, 1.807) is 60.7 Å². The molecule has 30 heavy (non-hydrogen) atoms. The van der Waals surface area contributed by atoms with E-state index in [1.807, 2.05) is 26.0 Å². The van der Waals surface area contributed by atoms with Crippen molar-refractivity contribution >= 4 is 22.4 Å². The third kappa shape index (κ3) is 4.84. The summed E-state index contributed by atoms with van der Waals surface area (Å²) in [5, 5.41) is 12.7. The van der Waals surface area contributed by atoms with Gasteiger partial charge >= 0.3 is 11.7 Å². The molecule has 0 saturated carbocycles. The number of rotatable bonds is 8. The molecule has 0 saturated heterocycles. The molecule has 154 valence electrons. The SMILES string of the molecule is CC=CCC[C@@H](C)Oc1ccc2c(OC(=O)c3ccccc3)cccc2c1[N+](=O)[O-]. The van der Waals surface area contributed by atoms with E-state index in [-0.39, 0.29) is 23.3 Å². The number of carbonyl (C=O) groups is 1. The lowest BCUT2D eigenvalue weighted by Crippen LogP contribution is -2.12. The van der Waals surface area contributed by atoms with Crippen LogP contribution in [-0.2, 0) is 0 Å². The van der Waals surface area contributed by atoms with Gasteiger partial charge < -0.3 is 9.47 Å². The summed E-state index contributed by atoms with van der Waals surface area (Å²) in [6, 6.07) is 16.7. The van der Waals surface area contributed by atoms with Gasteiger partial charge in [0.15, 0.2) is 5.75 Å². The lowest BCUT2D eigenvalue weighted by Gasteiger charge is -2.15. The summed E-state index contributed by atoms with van der Waals surface area (Å²) in [6.07, 6.45) is 5.38. The van der Waals surface area contributed by atoms with Gasteiger partial charge in [0, 0.05) is 5.39 Å². The molecule has 0 heterocycles. The number of nitro benzene ring substituents is 1. The molecular weight excluding hydrogens is 382 g/mol. The summed E-state index contributed by atoms with van der Waals surface area (Å²) in [4.78, 5) is 23.8. The number of hydrogen-bond acceptors (Lipinski definition) is 5. The second kappa shape index (κ2) is 9.69. The van der Waals surface area contributed by atoms with Gasteiger partial charge in [-0.3, -0.25) is 10.1 Å². The fraction of sp³-hybridized carbons (Fsp3) is 0.208. The van der Waals surface area contributed by atoms with Crippen molar-refractivity contribution in [1.29, 1.82) is 0 Å². The van der Waals surface area contributed by atoms with Crippen LogP contribution in [0.1, 0.15) is 37.0 Å². The van der Waals surface area contributed by atoms with Crippen molar-refractivity contribution in [3.8, 4) is 11.5 Å². The van der Waals surface area contributed by atoms with Crippen molar-refractivity contribution in [2.24, 2.45) is 0 Å². The fourth-order valence-corrected chi connectivity index (χ4v) is 3.17. The topological polar surface area (TPSA) is 78.7 Å². The quantitative estimate of drug-likeness (QED) is 0.149. The van der Waals surface area contributed by atoms with Crippen LogP contribution in [0.15, 0.2) is 72.8 Å². The van der Waals surface area contributed by atoms with Gasteiger partial charge in [-0.2, -0.15) is 0 Å². The van der Waals surface area contributed by atoms with Crippen molar-refractivity contribution in [2.45, 2.75) is 32.8 Å². The third-order valence-electron chi connectivity index (χ3n) is 4.65. The molecule has 3 rings (SSSR count). The van der Waals surface area contributed by atoms with E-state index >= 15 is 0 Å². The molecule has 0 bridgehead atoms. The van der Waals surface area contributed by atoms with Gasteiger partial charge in [-0.15, -0.1) is 0 Å². The van der Waals surface area contributed by atoms with Crippen LogP contribution in [0.5, 0.6) is 11.5 Å². The molecule has 6 nitrogen and oxygen atoms in total. The van der Waals surface area contributed by atoms with Gasteiger partial charge in [0.05, 0.1) is 22.0 Å². The maximum atomic E-state index is 12.4. The van der Waals surface area contributed by atoms with Crippen molar-refractivity contribution in [2.75, 3.05) is 0 Å². The summed E-state index contributed by atoms with van der Waals surface area (Å²) in [6.45, 7) is 3.83. The van der Waals surface area contributed by atoms with Crippen molar-refractivity contribution in [3.05, 3.63) is 88.5 Å². The zero-order chi connectivity index (χ0) is 21.5. The zero-order valence-electron chi connectivity index (χ0n) is 16.9. The Bertz CT molecular complexity index is 1080. The first-order chi connectivity index (χ1) is 14.5. The van der Waals surface area contributed by atoms with E-state index in [0.717, 1.165) is 12.8 Å². The second-order valence-electron chi connectivity index (χ2n) is 6.85. The molecule has 0 radical (unpaired) electrons. The van der Waals surface area contributed by atoms with Crippen LogP contribution in [0, 0.1) is 10.1 Å². The number of nitro groups is 1. The summed E-state index contributed by atoms with van der Waals surface area (Å²) in [5.41, 5.74) is 0.266.